The maximum absolute atomic E-state index is 11.8. The molecule has 1 aliphatic rings. The summed E-state index contributed by atoms with van der Waals surface area (Å²) >= 11 is 0. The fourth-order valence-corrected chi connectivity index (χ4v) is 3.16. The first-order chi connectivity index (χ1) is 11.8. The smallest absolute Gasteiger partial charge is 0.407 e. The molecule has 1 aromatic rings. The van der Waals surface area contributed by atoms with Crippen LogP contribution in [0.2, 0.25) is 0 Å². The van der Waals surface area contributed by atoms with Gasteiger partial charge in [-0.3, -0.25) is 0 Å². The van der Waals surface area contributed by atoms with Crippen molar-refractivity contribution in [2.75, 3.05) is 13.6 Å². The highest BCUT2D eigenvalue weighted by molar-refractivity contribution is 5.67. The molecule has 0 heterocycles. The van der Waals surface area contributed by atoms with Crippen LogP contribution < -0.4 is 5.32 Å². The van der Waals surface area contributed by atoms with Gasteiger partial charge >= 0.3 is 6.09 Å². The van der Waals surface area contributed by atoms with Gasteiger partial charge < -0.3 is 15.0 Å². The van der Waals surface area contributed by atoms with Gasteiger partial charge in [-0.2, -0.15) is 0 Å². The quantitative estimate of drug-likeness (QED) is 0.800. The van der Waals surface area contributed by atoms with Crippen molar-refractivity contribution in [2.24, 2.45) is 0 Å². The Hall–Kier alpha value is -1.55. The molecule has 140 valence electrons. The lowest BCUT2D eigenvalue weighted by Crippen LogP contribution is -2.38. The second kappa shape index (κ2) is 8.70. The summed E-state index contributed by atoms with van der Waals surface area (Å²) in [5, 5.41) is 2.84. The predicted molar refractivity (Wildman–Crippen MR) is 103 cm³/mol. The molecule has 0 atom stereocenters. The lowest BCUT2D eigenvalue weighted by atomic mass is 9.91. The summed E-state index contributed by atoms with van der Waals surface area (Å²) in [6, 6.07) is 7.35. The van der Waals surface area contributed by atoms with Crippen LogP contribution in [0.5, 0.6) is 0 Å². The lowest BCUT2D eigenvalue weighted by Gasteiger charge is -2.34. The average Bonchev–Trinajstić information content (AvgIpc) is 2.47. The van der Waals surface area contributed by atoms with Crippen molar-refractivity contribution in [2.45, 2.75) is 78.0 Å². The average molecular weight is 347 g/mol. The minimum absolute atomic E-state index is 0.364. The Bertz CT molecular complexity index is 574. The minimum atomic E-state index is -0.463. The minimum Gasteiger partial charge on any atom is -0.444 e. The van der Waals surface area contributed by atoms with Gasteiger partial charge in [-0.05, 0) is 70.2 Å². The Morgan fingerprint density at radius 3 is 2.56 bits per heavy atom. The molecule has 0 aromatic heterocycles. The predicted octanol–water partition coefficient (Wildman–Crippen LogP) is 4.30. The topological polar surface area (TPSA) is 41.6 Å². The number of rotatable bonds is 7. The molecular formula is C21H34N2O2. The number of ether oxygens (including phenoxy) is 1. The Labute approximate surface area is 152 Å². The maximum atomic E-state index is 11.8. The van der Waals surface area contributed by atoms with Crippen molar-refractivity contribution in [1.82, 2.24) is 10.2 Å². The van der Waals surface area contributed by atoms with Gasteiger partial charge in [0, 0.05) is 19.1 Å². The summed E-state index contributed by atoms with van der Waals surface area (Å²) in [4.78, 5) is 14.3. The van der Waals surface area contributed by atoms with Crippen LogP contribution in [0, 0.1) is 0 Å². The van der Waals surface area contributed by atoms with E-state index in [0.717, 1.165) is 31.0 Å². The molecule has 1 aromatic carbocycles. The van der Waals surface area contributed by atoms with Crippen LogP contribution in [0.15, 0.2) is 18.2 Å². The number of likely N-dealkylation sites (N-methyl/N-ethyl adjacent to an activating group) is 1. The molecule has 4 heteroatoms. The molecule has 0 saturated heterocycles. The molecule has 1 N–H and O–H groups in total. The van der Waals surface area contributed by atoms with Crippen LogP contribution in [-0.4, -0.2) is 36.2 Å². The number of hydrogen-bond acceptors (Lipinski definition) is 3. The van der Waals surface area contributed by atoms with Gasteiger partial charge in [0.05, 0.1) is 0 Å². The van der Waals surface area contributed by atoms with Crippen molar-refractivity contribution in [3.63, 3.8) is 0 Å². The number of carbonyl (C=O) groups is 1. The number of carbonyl (C=O) groups excluding carboxylic acids is 1. The summed E-state index contributed by atoms with van der Waals surface area (Å²) in [5.74, 6) is 0. The van der Waals surface area contributed by atoms with Crippen LogP contribution in [-0.2, 0) is 24.1 Å². The van der Waals surface area contributed by atoms with Crippen LogP contribution in [0.25, 0.3) is 0 Å². The van der Waals surface area contributed by atoms with Crippen molar-refractivity contribution >= 4 is 6.09 Å². The first-order valence-corrected chi connectivity index (χ1v) is 9.56. The Morgan fingerprint density at radius 1 is 1.28 bits per heavy atom. The molecular weight excluding hydrogens is 312 g/mol. The van der Waals surface area contributed by atoms with Gasteiger partial charge in [-0.15, -0.1) is 0 Å². The third-order valence-corrected chi connectivity index (χ3v) is 4.92. The molecule has 2 rings (SSSR count). The second-order valence-corrected chi connectivity index (χ2v) is 8.13. The van der Waals surface area contributed by atoms with E-state index in [9.17, 15) is 4.79 Å². The molecule has 0 aliphatic heterocycles. The normalized spacial score (nSPS) is 15.1. The lowest BCUT2D eigenvalue weighted by molar-refractivity contribution is 0.0523. The first kappa shape index (κ1) is 19.8. The number of hydrogen-bond donors (Lipinski definition) is 1. The van der Waals surface area contributed by atoms with E-state index in [4.69, 9.17) is 4.74 Å². The van der Waals surface area contributed by atoms with Crippen LogP contribution >= 0.6 is 0 Å². The molecule has 0 unspecified atom stereocenters. The van der Waals surface area contributed by atoms with E-state index in [1.54, 1.807) is 0 Å². The molecule has 4 nitrogen and oxygen atoms in total. The molecule has 25 heavy (non-hydrogen) atoms. The van der Waals surface area contributed by atoms with E-state index in [0.29, 0.717) is 6.54 Å². The van der Waals surface area contributed by atoms with Gasteiger partial charge in [0.25, 0.3) is 0 Å². The maximum Gasteiger partial charge on any atom is 0.407 e. The zero-order chi connectivity index (χ0) is 18.4. The highest BCUT2D eigenvalue weighted by atomic mass is 16.6. The second-order valence-electron chi connectivity index (χ2n) is 8.13. The third kappa shape index (κ3) is 6.35. The van der Waals surface area contributed by atoms with Crippen molar-refractivity contribution in [3.05, 3.63) is 34.9 Å². The summed E-state index contributed by atoms with van der Waals surface area (Å²) in [7, 11) is 2.24. The van der Waals surface area contributed by atoms with Crippen LogP contribution in [0.1, 0.15) is 63.6 Å². The number of amides is 1. The van der Waals surface area contributed by atoms with Crippen LogP contribution in [0.3, 0.4) is 0 Å². The van der Waals surface area contributed by atoms with E-state index in [2.05, 4.69) is 42.4 Å². The molecule has 1 amide bonds. The fraction of sp³-hybridized carbons (Fsp3) is 0.667. The number of alkyl carbamates (subject to hydrolysis) is 1. The van der Waals surface area contributed by atoms with Crippen molar-refractivity contribution < 1.29 is 9.53 Å². The van der Waals surface area contributed by atoms with E-state index < -0.39 is 5.60 Å². The molecule has 0 spiro atoms. The first-order valence-electron chi connectivity index (χ1n) is 9.56. The van der Waals surface area contributed by atoms with Gasteiger partial charge in [-0.1, -0.05) is 31.5 Å². The Morgan fingerprint density at radius 2 is 2.00 bits per heavy atom. The van der Waals surface area contributed by atoms with Gasteiger partial charge in [-0.25, -0.2) is 4.79 Å². The van der Waals surface area contributed by atoms with Crippen LogP contribution in [0.4, 0.5) is 4.79 Å². The highest BCUT2D eigenvalue weighted by Gasteiger charge is 2.21. The molecule has 1 saturated carbocycles. The summed E-state index contributed by atoms with van der Waals surface area (Å²) in [6.07, 6.45) is 5.84. The van der Waals surface area contributed by atoms with Crippen molar-refractivity contribution in [3.8, 4) is 0 Å². The number of nitrogens with one attached hydrogen (secondary N) is 1. The molecule has 0 radical (unpaired) electrons. The zero-order valence-electron chi connectivity index (χ0n) is 16.5. The van der Waals surface area contributed by atoms with Gasteiger partial charge in [0.2, 0.25) is 0 Å². The fourth-order valence-electron chi connectivity index (χ4n) is 3.16. The van der Waals surface area contributed by atoms with E-state index in [1.807, 2.05) is 20.8 Å². The standard InChI is InChI=1S/C21H34N2O2/c1-6-17-14-16(15-22-20(24)25-21(2,3)4)10-11-18(17)12-13-23(5)19-8-7-9-19/h10-11,14,19H,6-9,12-13,15H2,1-5H3,(H,22,24). The Kier molecular flexibility index (Phi) is 6.88. The van der Waals surface area contributed by atoms with E-state index >= 15 is 0 Å². The molecule has 1 fully saturated rings. The SMILES string of the molecule is CCc1cc(CNC(=O)OC(C)(C)C)ccc1CCN(C)C1CCC1. The van der Waals surface area contributed by atoms with Crippen molar-refractivity contribution in [1.29, 1.82) is 0 Å². The summed E-state index contributed by atoms with van der Waals surface area (Å²) in [6.45, 7) is 9.43. The third-order valence-electron chi connectivity index (χ3n) is 4.92. The van der Waals surface area contributed by atoms with Gasteiger partial charge in [0.15, 0.2) is 0 Å². The number of nitrogens with zero attached hydrogens (tertiary/aromatic N) is 1. The highest BCUT2D eigenvalue weighted by Crippen LogP contribution is 2.24. The zero-order valence-corrected chi connectivity index (χ0v) is 16.5. The Balaban J connectivity index is 1.88. The summed E-state index contributed by atoms with van der Waals surface area (Å²) in [5.41, 5.74) is 3.47. The van der Waals surface area contributed by atoms with E-state index in [-0.39, 0.29) is 6.09 Å². The van der Waals surface area contributed by atoms with Gasteiger partial charge in [0.1, 0.15) is 5.60 Å². The van der Waals surface area contributed by atoms with E-state index in [1.165, 1.54) is 30.4 Å². The number of benzene rings is 1. The molecule has 0 bridgehead atoms. The number of aryl methyl sites for hydroxylation is 1. The monoisotopic (exact) mass is 346 g/mol. The summed E-state index contributed by atoms with van der Waals surface area (Å²) < 4.78 is 5.29. The largest absolute Gasteiger partial charge is 0.444 e. The molecule has 1 aliphatic carbocycles.